The molecule has 2 heteroatoms. The Hall–Kier alpha value is -1.05. The van der Waals surface area contributed by atoms with Crippen molar-refractivity contribution < 1.29 is 4.39 Å². The first-order chi connectivity index (χ1) is 8.79. The van der Waals surface area contributed by atoms with Gasteiger partial charge in [0.05, 0.1) is 5.69 Å². The third-order valence-corrected chi connectivity index (χ3v) is 3.26. The van der Waals surface area contributed by atoms with Crippen molar-refractivity contribution in [3.63, 3.8) is 0 Å². The second-order valence-corrected chi connectivity index (χ2v) is 4.85. The molecule has 0 fully saturated rings. The summed E-state index contributed by atoms with van der Waals surface area (Å²) in [6.45, 7) is 6.34. The van der Waals surface area contributed by atoms with Gasteiger partial charge in [-0.2, -0.15) is 0 Å². The van der Waals surface area contributed by atoms with Crippen molar-refractivity contribution in [2.24, 2.45) is 0 Å². The largest absolute Gasteiger partial charge is 0.369 e. The Labute approximate surface area is 111 Å². The fourth-order valence-electron chi connectivity index (χ4n) is 2.17. The molecule has 0 bridgehead atoms. The van der Waals surface area contributed by atoms with Crippen molar-refractivity contribution >= 4 is 5.69 Å². The molecule has 0 saturated carbocycles. The second kappa shape index (κ2) is 8.96. The van der Waals surface area contributed by atoms with Gasteiger partial charge in [-0.15, -0.1) is 0 Å². The van der Waals surface area contributed by atoms with Crippen LogP contribution >= 0.6 is 0 Å². The summed E-state index contributed by atoms with van der Waals surface area (Å²) in [4.78, 5) is 2.21. The minimum Gasteiger partial charge on any atom is -0.369 e. The van der Waals surface area contributed by atoms with Crippen LogP contribution in [0.3, 0.4) is 0 Å². The lowest BCUT2D eigenvalue weighted by Gasteiger charge is -2.25. The first-order valence-electron chi connectivity index (χ1n) is 7.29. The van der Waals surface area contributed by atoms with Crippen molar-refractivity contribution in [2.45, 2.75) is 52.4 Å². The van der Waals surface area contributed by atoms with Crippen LogP contribution in [0.4, 0.5) is 10.1 Å². The highest BCUT2D eigenvalue weighted by Crippen LogP contribution is 2.20. The Morgan fingerprint density at radius 1 is 0.889 bits per heavy atom. The van der Waals surface area contributed by atoms with Gasteiger partial charge in [-0.3, -0.25) is 0 Å². The van der Waals surface area contributed by atoms with Gasteiger partial charge in [-0.1, -0.05) is 51.7 Å². The number of para-hydroxylation sites is 1. The van der Waals surface area contributed by atoms with E-state index in [4.69, 9.17) is 0 Å². The molecule has 0 amide bonds. The lowest BCUT2D eigenvalue weighted by Crippen LogP contribution is -2.26. The Kier molecular flexibility index (Phi) is 7.47. The highest BCUT2D eigenvalue weighted by Gasteiger charge is 2.09. The summed E-state index contributed by atoms with van der Waals surface area (Å²) < 4.78 is 13.8. The molecule has 0 atom stereocenters. The molecule has 0 aliphatic rings. The zero-order chi connectivity index (χ0) is 13.2. The van der Waals surface area contributed by atoms with Gasteiger partial charge in [-0.25, -0.2) is 4.39 Å². The normalized spacial score (nSPS) is 10.6. The molecule has 1 nitrogen and oxygen atoms in total. The molecule has 0 radical (unpaired) electrons. The van der Waals surface area contributed by atoms with Crippen LogP contribution in [0.1, 0.15) is 52.4 Å². The monoisotopic (exact) mass is 251 g/mol. The van der Waals surface area contributed by atoms with Crippen LogP contribution in [-0.2, 0) is 0 Å². The first kappa shape index (κ1) is 15.0. The Bertz CT molecular complexity index is 315. The number of unbranched alkanes of at least 4 members (excludes halogenated alkanes) is 4. The lowest BCUT2D eigenvalue weighted by atomic mass is 10.2. The molecular formula is C16H26FN. The van der Waals surface area contributed by atoms with E-state index in [0.717, 1.165) is 31.6 Å². The van der Waals surface area contributed by atoms with E-state index in [1.807, 2.05) is 12.1 Å². The van der Waals surface area contributed by atoms with Gasteiger partial charge < -0.3 is 4.90 Å². The van der Waals surface area contributed by atoms with Crippen LogP contribution in [-0.4, -0.2) is 13.1 Å². The summed E-state index contributed by atoms with van der Waals surface area (Å²) in [5.74, 6) is -0.0921. The summed E-state index contributed by atoms with van der Waals surface area (Å²) in [6.07, 6.45) is 7.16. The highest BCUT2D eigenvalue weighted by atomic mass is 19.1. The Morgan fingerprint density at radius 2 is 1.44 bits per heavy atom. The van der Waals surface area contributed by atoms with Gasteiger partial charge in [0.2, 0.25) is 0 Å². The predicted octanol–water partition coefficient (Wildman–Crippen LogP) is 5.01. The van der Waals surface area contributed by atoms with Gasteiger partial charge in [0.1, 0.15) is 5.82 Å². The van der Waals surface area contributed by atoms with Crippen LogP contribution in [0.15, 0.2) is 24.3 Å². The van der Waals surface area contributed by atoms with Crippen LogP contribution in [0.2, 0.25) is 0 Å². The molecule has 0 aliphatic carbocycles. The fraction of sp³-hybridized carbons (Fsp3) is 0.625. The van der Waals surface area contributed by atoms with E-state index in [9.17, 15) is 4.39 Å². The number of nitrogens with zero attached hydrogens (tertiary/aromatic N) is 1. The van der Waals surface area contributed by atoms with Gasteiger partial charge in [-0.05, 0) is 25.0 Å². The summed E-state index contributed by atoms with van der Waals surface area (Å²) in [6, 6.07) is 7.13. The van der Waals surface area contributed by atoms with Crippen molar-refractivity contribution in [3.8, 4) is 0 Å². The number of anilines is 1. The van der Waals surface area contributed by atoms with E-state index in [-0.39, 0.29) is 5.82 Å². The van der Waals surface area contributed by atoms with Gasteiger partial charge in [0.25, 0.3) is 0 Å². The van der Waals surface area contributed by atoms with E-state index in [1.54, 1.807) is 12.1 Å². The molecule has 0 heterocycles. The summed E-state index contributed by atoms with van der Waals surface area (Å²) in [7, 11) is 0. The lowest BCUT2D eigenvalue weighted by molar-refractivity contribution is 0.595. The molecular weight excluding hydrogens is 225 g/mol. The molecule has 1 aromatic rings. The third kappa shape index (κ3) is 5.07. The molecule has 0 saturated heterocycles. The van der Waals surface area contributed by atoms with Crippen LogP contribution in [0.25, 0.3) is 0 Å². The maximum atomic E-state index is 13.8. The topological polar surface area (TPSA) is 3.24 Å². The first-order valence-corrected chi connectivity index (χ1v) is 7.29. The maximum Gasteiger partial charge on any atom is 0.146 e. The van der Waals surface area contributed by atoms with E-state index in [2.05, 4.69) is 18.7 Å². The smallest absolute Gasteiger partial charge is 0.146 e. The molecule has 102 valence electrons. The third-order valence-electron chi connectivity index (χ3n) is 3.26. The van der Waals surface area contributed by atoms with Crippen LogP contribution < -0.4 is 4.90 Å². The second-order valence-electron chi connectivity index (χ2n) is 4.85. The van der Waals surface area contributed by atoms with Crippen LogP contribution in [0, 0.1) is 5.82 Å². The molecule has 1 aromatic carbocycles. The predicted molar refractivity (Wildman–Crippen MR) is 77.7 cm³/mol. The summed E-state index contributed by atoms with van der Waals surface area (Å²) in [5, 5.41) is 0. The van der Waals surface area contributed by atoms with Gasteiger partial charge in [0, 0.05) is 13.1 Å². The average molecular weight is 251 g/mol. The van der Waals surface area contributed by atoms with E-state index < -0.39 is 0 Å². The minimum atomic E-state index is -0.0921. The van der Waals surface area contributed by atoms with Gasteiger partial charge in [0.15, 0.2) is 0 Å². The number of hydrogen-bond donors (Lipinski definition) is 0. The summed E-state index contributed by atoms with van der Waals surface area (Å²) >= 11 is 0. The molecule has 1 rings (SSSR count). The molecule has 18 heavy (non-hydrogen) atoms. The molecule has 0 unspecified atom stereocenters. The van der Waals surface area contributed by atoms with Crippen LogP contribution in [0.5, 0.6) is 0 Å². The van der Waals surface area contributed by atoms with E-state index in [0.29, 0.717) is 0 Å². The molecule has 0 N–H and O–H groups in total. The average Bonchev–Trinajstić information content (AvgIpc) is 2.38. The maximum absolute atomic E-state index is 13.8. The van der Waals surface area contributed by atoms with Gasteiger partial charge >= 0.3 is 0 Å². The summed E-state index contributed by atoms with van der Waals surface area (Å²) in [5.41, 5.74) is 0.768. The standard InChI is InChI=1S/C16H26FN/c1-3-5-9-13-18(14-10-6-4-2)16-12-8-7-11-15(16)17/h7-8,11-12H,3-6,9-10,13-14H2,1-2H3. The Balaban J connectivity index is 2.60. The number of rotatable bonds is 9. The SMILES string of the molecule is CCCCCN(CCCCC)c1ccccc1F. The van der Waals surface area contributed by atoms with E-state index in [1.165, 1.54) is 25.7 Å². The van der Waals surface area contributed by atoms with E-state index >= 15 is 0 Å². The molecule has 0 aromatic heterocycles. The van der Waals surface area contributed by atoms with Crippen molar-refractivity contribution in [2.75, 3.05) is 18.0 Å². The minimum absolute atomic E-state index is 0.0921. The molecule has 0 spiro atoms. The number of halogens is 1. The van der Waals surface area contributed by atoms with Crippen molar-refractivity contribution in [1.29, 1.82) is 0 Å². The quantitative estimate of drug-likeness (QED) is 0.557. The fourth-order valence-corrected chi connectivity index (χ4v) is 2.17. The zero-order valence-electron chi connectivity index (χ0n) is 11.8. The number of benzene rings is 1. The number of hydrogen-bond acceptors (Lipinski definition) is 1. The highest BCUT2D eigenvalue weighted by molar-refractivity contribution is 5.47. The molecule has 0 aliphatic heterocycles. The Morgan fingerprint density at radius 3 is 1.94 bits per heavy atom. The zero-order valence-corrected chi connectivity index (χ0v) is 11.8. The van der Waals surface area contributed by atoms with Crippen molar-refractivity contribution in [1.82, 2.24) is 0 Å². The van der Waals surface area contributed by atoms with Crippen molar-refractivity contribution in [3.05, 3.63) is 30.1 Å².